The zero-order chi connectivity index (χ0) is 15.6. The molecule has 0 radical (unpaired) electrons. The van der Waals surface area contributed by atoms with Crippen LogP contribution in [0.5, 0.6) is 0 Å². The molecule has 0 aliphatic carbocycles. The summed E-state index contributed by atoms with van der Waals surface area (Å²) < 4.78 is 13.4. The van der Waals surface area contributed by atoms with Crippen molar-refractivity contribution in [2.24, 2.45) is 5.73 Å². The van der Waals surface area contributed by atoms with Crippen LogP contribution >= 0.6 is 0 Å². The first-order valence-electron chi connectivity index (χ1n) is 6.78. The van der Waals surface area contributed by atoms with Gasteiger partial charge in [-0.2, -0.15) is 0 Å². The molecule has 2 aromatic carbocycles. The molecule has 0 aromatic heterocycles. The van der Waals surface area contributed by atoms with E-state index >= 15 is 0 Å². The summed E-state index contributed by atoms with van der Waals surface area (Å²) in [6.07, 6.45) is 0. The van der Waals surface area contributed by atoms with Crippen LogP contribution in [0.15, 0.2) is 30.3 Å². The van der Waals surface area contributed by atoms with Crippen LogP contribution in [0.3, 0.4) is 0 Å². The van der Waals surface area contributed by atoms with E-state index in [0.29, 0.717) is 12.2 Å². The van der Waals surface area contributed by atoms with Gasteiger partial charge in [-0.1, -0.05) is 12.1 Å². The van der Waals surface area contributed by atoms with Gasteiger partial charge in [0.1, 0.15) is 5.82 Å². The summed E-state index contributed by atoms with van der Waals surface area (Å²) in [5.74, 6) is -1.37. The predicted octanol–water partition coefficient (Wildman–Crippen LogP) is 3.46. The van der Waals surface area contributed by atoms with Crippen molar-refractivity contribution >= 4 is 11.6 Å². The molecule has 0 fully saturated rings. The third kappa shape index (κ3) is 3.40. The number of hydrogen-bond donors (Lipinski definition) is 2. The van der Waals surface area contributed by atoms with Crippen molar-refractivity contribution in [3.05, 3.63) is 64.0 Å². The molecular weight excluding hydrogens is 267 g/mol. The molecule has 0 bridgehead atoms. The van der Waals surface area contributed by atoms with Gasteiger partial charge in [-0.15, -0.1) is 0 Å². The van der Waals surface area contributed by atoms with Gasteiger partial charge < -0.3 is 11.1 Å². The van der Waals surface area contributed by atoms with Crippen molar-refractivity contribution in [2.75, 3.05) is 5.32 Å². The minimum atomic E-state index is -0.765. The first-order chi connectivity index (χ1) is 9.88. The molecule has 0 aliphatic heterocycles. The molecule has 4 heteroatoms. The van der Waals surface area contributed by atoms with Gasteiger partial charge in [-0.05, 0) is 61.2 Å². The molecule has 0 aliphatic rings. The van der Waals surface area contributed by atoms with Gasteiger partial charge in [0.15, 0.2) is 0 Å². The largest absolute Gasteiger partial charge is 0.381 e. The molecule has 2 rings (SSSR count). The predicted molar refractivity (Wildman–Crippen MR) is 82.9 cm³/mol. The van der Waals surface area contributed by atoms with Gasteiger partial charge >= 0.3 is 0 Å². The Kier molecular flexibility index (Phi) is 4.26. The average Bonchev–Trinajstić information content (AvgIpc) is 2.42. The summed E-state index contributed by atoms with van der Waals surface area (Å²) in [5.41, 5.74) is 10.6. The summed E-state index contributed by atoms with van der Waals surface area (Å²) in [5, 5.41) is 3.20. The standard InChI is InChI=1S/C17H19FN2O/c1-10-6-12(3)13(7-11(10)2)9-20-14-4-5-16(18)15(8-14)17(19)21/h4-8,20H,9H2,1-3H3,(H2,19,21). The monoisotopic (exact) mass is 286 g/mol. The lowest BCUT2D eigenvalue weighted by Gasteiger charge is -2.12. The molecular formula is C17H19FN2O. The maximum Gasteiger partial charge on any atom is 0.251 e. The van der Waals surface area contributed by atoms with Gasteiger partial charge in [0.25, 0.3) is 5.91 Å². The van der Waals surface area contributed by atoms with Crippen molar-refractivity contribution in [1.82, 2.24) is 0 Å². The Morgan fingerprint density at radius 1 is 1.10 bits per heavy atom. The highest BCUT2D eigenvalue weighted by Gasteiger charge is 2.09. The lowest BCUT2D eigenvalue weighted by atomic mass is 10.0. The van der Waals surface area contributed by atoms with Crippen molar-refractivity contribution in [2.45, 2.75) is 27.3 Å². The fraction of sp³-hybridized carbons (Fsp3) is 0.235. The second-order valence-electron chi connectivity index (χ2n) is 5.28. The maximum absolute atomic E-state index is 13.4. The number of rotatable bonds is 4. The number of benzene rings is 2. The highest BCUT2D eigenvalue weighted by atomic mass is 19.1. The topological polar surface area (TPSA) is 55.1 Å². The molecule has 0 saturated heterocycles. The number of carbonyl (C=O) groups excluding carboxylic acids is 1. The molecule has 0 saturated carbocycles. The number of primary amides is 1. The summed E-state index contributed by atoms with van der Waals surface area (Å²) in [6.45, 7) is 6.82. The number of anilines is 1. The summed E-state index contributed by atoms with van der Waals surface area (Å²) in [4.78, 5) is 11.1. The minimum absolute atomic E-state index is 0.100. The number of amides is 1. The van der Waals surface area contributed by atoms with Crippen LogP contribution in [0.25, 0.3) is 0 Å². The van der Waals surface area contributed by atoms with Gasteiger partial charge in [0, 0.05) is 12.2 Å². The van der Waals surface area contributed by atoms with E-state index in [9.17, 15) is 9.18 Å². The Morgan fingerprint density at radius 3 is 2.43 bits per heavy atom. The highest BCUT2D eigenvalue weighted by molar-refractivity contribution is 5.94. The van der Waals surface area contributed by atoms with Crippen molar-refractivity contribution < 1.29 is 9.18 Å². The van der Waals surface area contributed by atoms with Gasteiger partial charge in [-0.3, -0.25) is 4.79 Å². The first-order valence-corrected chi connectivity index (χ1v) is 6.78. The summed E-state index contributed by atoms with van der Waals surface area (Å²) in [6, 6.07) is 8.56. The Morgan fingerprint density at radius 2 is 1.76 bits per heavy atom. The lowest BCUT2D eigenvalue weighted by molar-refractivity contribution is 0.0996. The second kappa shape index (κ2) is 5.95. The fourth-order valence-electron chi connectivity index (χ4n) is 2.23. The average molecular weight is 286 g/mol. The van der Waals surface area contributed by atoms with Crippen molar-refractivity contribution in [3.8, 4) is 0 Å². The zero-order valence-electron chi connectivity index (χ0n) is 12.5. The van der Waals surface area contributed by atoms with Crippen LogP contribution in [-0.4, -0.2) is 5.91 Å². The van der Waals surface area contributed by atoms with E-state index in [1.165, 1.54) is 34.4 Å². The Balaban J connectivity index is 2.19. The molecule has 0 atom stereocenters. The Hall–Kier alpha value is -2.36. The second-order valence-corrected chi connectivity index (χ2v) is 5.28. The van der Waals surface area contributed by atoms with E-state index in [-0.39, 0.29) is 5.56 Å². The molecule has 110 valence electrons. The fourth-order valence-corrected chi connectivity index (χ4v) is 2.23. The Bertz CT molecular complexity index is 695. The first kappa shape index (κ1) is 15.0. The van der Waals surface area contributed by atoms with E-state index < -0.39 is 11.7 Å². The molecule has 0 heterocycles. The Labute approximate surface area is 124 Å². The smallest absolute Gasteiger partial charge is 0.251 e. The molecule has 21 heavy (non-hydrogen) atoms. The number of nitrogens with two attached hydrogens (primary N) is 1. The van der Waals surface area contributed by atoms with Crippen LogP contribution < -0.4 is 11.1 Å². The van der Waals surface area contributed by atoms with Crippen LogP contribution in [0.4, 0.5) is 10.1 Å². The molecule has 3 nitrogen and oxygen atoms in total. The molecule has 2 aromatic rings. The van der Waals surface area contributed by atoms with Crippen LogP contribution in [0.2, 0.25) is 0 Å². The molecule has 0 unspecified atom stereocenters. The maximum atomic E-state index is 13.4. The molecule has 3 N–H and O–H groups in total. The van der Waals surface area contributed by atoms with Crippen molar-refractivity contribution in [1.29, 1.82) is 0 Å². The highest BCUT2D eigenvalue weighted by Crippen LogP contribution is 2.19. The zero-order valence-corrected chi connectivity index (χ0v) is 12.5. The van der Waals surface area contributed by atoms with E-state index in [1.54, 1.807) is 6.07 Å². The van der Waals surface area contributed by atoms with Gasteiger partial charge in [0.2, 0.25) is 0 Å². The number of nitrogens with one attached hydrogen (secondary N) is 1. The van der Waals surface area contributed by atoms with Gasteiger partial charge in [-0.25, -0.2) is 4.39 Å². The number of carbonyl (C=O) groups is 1. The van der Waals surface area contributed by atoms with Crippen LogP contribution in [0.1, 0.15) is 32.6 Å². The summed E-state index contributed by atoms with van der Waals surface area (Å²) in [7, 11) is 0. The third-order valence-electron chi connectivity index (χ3n) is 3.67. The summed E-state index contributed by atoms with van der Waals surface area (Å²) >= 11 is 0. The number of hydrogen-bond acceptors (Lipinski definition) is 2. The third-order valence-corrected chi connectivity index (χ3v) is 3.67. The van der Waals surface area contributed by atoms with Crippen molar-refractivity contribution in [3.63, 3.8) is 0 Å². The van der Waals surface area contributed by atoms with Gasteiger partial charge in [0.05, 0.1) is 5.56 Å². The van der Waals surface area contributed by atoms with Crippen LogP contribution in [-0.2, 0) is 6.54 Å². The van der Waals surface area contributed by atoms with Crippen LogP contribution in [0, 0.1) is 26.6 Å². The normalized spacial score (nSPS) is 10.5. The molecule has 1 amide bonds. The molecule has 0 spiro atoms. The van der Waals surface area contributed by atoms with E-state index in [4.69, 9.17) is 5.73 Å². The minimum Gasteiger partial charge on any atom is -0.381 e. The SMILES string of the molecule is Cc1cc(C)c(CNc2ccc(F)c(C(N)=O)c2)cc1C. The number of aryl methyl sites for hydroxylation is 3. The quantitative estimate of drug-likeness (QED) is 0.904. The number of halogens is 1. The van der Waals surface area contributed by atoms with E-state index in [0.717, 1.165) is 0 Å². The van der Waals surface area contributed by atoms with E-state index in [1.807, 2.05) is 0 Å². The lowest BCUT2D eigenvalue weighted by Crippen LogP contribution is -2.13. The van der Waals surface area contributed by atoms with E-state index in [2.05, 4.69) is 38.2 Å².